The van der Waals surface area contributed by atoms with Gasteiger partial charge in [-0.05, 0) is 30.3 Å². The first-order valence-corrected chi connectivity index (χ1v) is 8.21. The van der Waals surface area contributed by atoms with E-state index in [1.54, 1.807) is 0 Å². The van der Waals surface area contributed by atoms with Gasteiger partial charge in [-0.3, -0.25) is 0 Å². The number of halogens is 3. The van der Waals surface area contributed by atoms with Crippen LogP contribution in [0.15, 0.2) is 42.5 Å². The third-order valence-corrected chi connectivity index (χ3v) is 3.93. The van der Waals surface area contributed by atoms with E-state index in [2.05, 4.69) is 4.18 Å². The summed E-state index contributed by atoms with van der Waals surface area (Å²) in [6, 6.07) is 7.03. The van der Waals surface area contributed by atoms with Gasteiger partial charge in [-0.1, -0.05) is 12.1 Å². The van der Waals surface area contributed by atoms with Crippen LogP contribution in [0.1, 0.15) is 20.7 Å². The zero-order valence-corrected chi connectivity index (χ0v) is 13.7. The van der Waals surface area contributed by atoms with Crippen LogP contribution in [-0.2, 0) is 10.1 Å². The molecule has 144 valence electrons. The lowest BCUT2D eigenvalue weighted by Gasteiger charge is -2.14. The highest BCUT2D eigenvalue weighted by molar-refractivity contribution is 7.88. The monoisotopic (exact) mass is 406 g/mol. The predicted octanol–water partition coefficient (Wildman–Crippen LogP) is 3.10. The Bertz CT molecular complexity index is 966. The van der Waals surface area contributed by atoms with Gasteiger partial charge in [0.15, 0.2) is 11.5 Å². The molecule has 0 aliphatic carbocycles. The molecule has 0 atom stereocenters. The van der Waals surface area contributed by atoms with Gasteiger partial charge in [-0.15, -0.1) is 0 Å². The van der Waals surface area contributed by atoms with Gasteiger partial charge in [0.2, 0.25) is 0 Å². The molecule has 0 bridgehead atoms. The minimum absolute atomic E-state index is 0.368. The number of hydrogen-bond donors (Lipinski definition) is 2. The molecular formula is C15H9F3O8S. The average molecular weight is 406 g/mol. The van der Waals surface area contributed by atoms with E-state index in [9.17, 15) is 31.2 Å². The van der Waals surface area contributed by atoms with Crippen molar-refractivity contribution < 1.29 is 50.3 Å². The molecule has 2 aromatic rings. The van der Waals surface area contributed by atoms with Gasteiger partial charge in [-0.25, -0.2) is 9.59 Å². The third-order valence-electron chi connectivity index (χ3n) is 2.96. The summed E-state index contributed by atoms with van der Waals surface area (Å²) in [4.78, 5) is 22.1. The van der Waals surface area contributed by atoms with E-state index in [0.29, 0.717) is 0 Å². The van der Waals surface area contributed by atoms with Crippen molar-refractivity contribution in [1.29, 1.82) is 0 Å². The largest absolute Gasteiger partial charge is 0.534 e. The second-order valence-electron chi connectivity index (χ2n) is 4.89. The van der Waals surface area contributed by atoms with Crippen molar-refractivity contribution in [2.45, 2.75) is 5.51 Å². The average Bonchev–Trinajstić information content (AvgIpc) is 2.55. The van der Waals surface area contributed by atoms with Crippen LogP contribution in [-0.4, -0.2) is 36.1 Å². The summed E-state index contributed by atoms with van der Waals surface area (Å²) < 4.78 is 68.9. The van der Waals surface area contributed by atoms with Gasteiger partial charge in [0.25, 0.3) is 0 Å². The number of carboxylic acids is 2. The fraction of sp³-hybridized carbons (Fsp3) is 0.0667. The van der Waals surface area contributed by atoms with E-state index in [1.807, 2.05) is 0 Å². The van der Waals surface area contributed by atoms with E-state index in [1.165, 1.54) is 12.1 Å². The molecule has 0 spiro atoms. The number of rotatable bonds is 6. The highest BCUT2D eigenvalue weighted by Crippen LogP contribution is 2.35. The molecule has 0 aromatic heterocycles. The van der Waals surface area contributed by atoms with E-state index < -0.39 is 50.2 Å². The van der Waals surface area contributed by atoms with Crippen molar-refractivity contribution in [1.82, 2.24) is 0 Å². The molecule has 0 saturated heterocycles. The van der Waals surface area contributed by atoms with Crippen LogP contribution >= 0.6 is 0 Å². The van der Waals surface area contributed by atoms with E-state index in [4.69, 9.17) is 14.9 Å². The van der Waals surface area contributed by atoms with Crippen molar-refractivity contribution in [3.63, 3.8) is 0 Å². The second kappa shape index (κ2) is 7.15. The SMILES string of the molecule is O=C(O)c1cc(Oc2ccccc2OS(=O)(=O)C(F)(F)F)cc(C(=O)O)c1. The molecule has 12 heteroatoms. The van der Waals surface area contributed by atoms with Crippen LogP contribution in [0.3, 0.4) is 0 Å². The van der Waals surface area contributed by atoms with Gasteiger partial charge in [0.05, 0.1) is 11.1 Å². The fourth-order valence-electron chi connectivity index (χ4n) is 1.80. The quantitative estimate of drug-likeness (QED) is 0.553. The minimum atomic E-state index is -5.98. The number of hydrogen-bond acceptors (Lipinski definition) is 6. The summed E-state index contributed by atoms with van der Waals surface area (Å²) in [6.07, 6.45) is 0. The Kier molecular flexibility index (Phi) is 5.31. The molecule has 2 rings (SSSR count). The van der Waals surface area contributed by atoms with Crippen molar-refractivity contribution in [3.05, 3.63) is 53.6 Å². The molecule has 0 aliphatic heterocycles. The Hall–Kier alpha value is -3.28. The number of aromatic carboxylic acids is 2. The number of benzene rings is 2. The number of carbonyl (C=O) groups is 2. The van der Waals surface area contributed by atoms with Crippen LogP contribution in [0.25, 0.3) is 0 Å². The zero-order valence-electron chi connectivity index (χ0n) is 12.9. The summed E-state index contributed by atoms with van der Waals surface area (Å²) in [5, 5.41) is 18.0. The molecule has 0 radical (unpaired) electrons. The van der Waals surface area contributed by atoms with Gasteiger partial charge >= 0.3 is 27.6 Å². The first-order chi connectivity index (χ1) is 12.4. The lowest BCUT2D eigenvalue weighted by atomic mass is 10.1. The molecule has 0 unspecified atom stereocenters. The molecular weight excluding hydrogens is 397 g/mol. The van der Waals surface area contributed by atoms with Gasteiger partial charge in [0, 0.05) is 0 Å². The third kappa shape index (κ3) is 4.67. The van der Waals surface area contributed by atoms with Gasteiger partial charge in [-0.2, -0.15) is 21.6 Å². The van der Waals surface area contributed by atoms with E-state index >= 15 is 0 Å². The predicted molar refractivity (Wildman–Crippen MR) is 82.5 cm³/mol. The van der Waals surface area contributed by atoms with Crippen LogP contribution in [0.5, 0.6) is 17.2 Å². The lowest BCUT2D eigenvalue weighted by molar-refractivity contribution is -0.0500. The summed E-state index contributed by atoms with van der Waals surface area (Å²) >= 11 is 0. The first kappa shape index (κ1) is 20.0. The lowest BCUT2D eigenvalue weighted by Crippen LogP contribution is -2.28. The standard InChI is InChI=1S/C15H9F3O8S/c16-15(17,18)27(23,24)26-12-4-2-1-3-11(12)25-10-6-8(13(19)20)5-9(7-10)14(21)22/h1-7H,(H,19,20)(H,21,22). The van der Waals surface area contributed by atoms with Gasteiger partial charge < -0.3 is 19.1 Å². The Morgan fingerprint density at radius 1 is 0.889 bits per heavy atom. The Morgan fingerprint density at radius 2 is 1.37 bits per heavy atom. The molecule has 8 nitrogen and oxygen atoms in total. The second-order valence-corrected chi connectivity index (χ2v) is 6.43. The molecule has 0 aliphatic rings. The Labute approximate surface area is 149 Å². The number of carboxylic acid groups (broad SMARTS) is 2. The normalized spacial score (nSPS) is 11.7. The summed E-state index contributed by atoms with van der Waals surface area (Å²) in [5.41, 5.74) is -6.61. The highest BCUT2D eigenvalue weighted by Gasteiger charge is 2.48. The first-order valence-electron chi connectivity index (χ1n) is 6.80. The van der Waals surface area contributed by atoms with Crippen molar-refractivity contribution in [2.24, 2.45) is 0 Å². The maximum atomic E-state index is 12.5. The molecule has 0 saturated carbocycles. The van der Waals surface area contributed by atoms with E-state index in [-0.39, 0.29) is 5.75 Å². The maximum absolute atomic E-state index is 12.5. The van der Waals surface area contributed by atoms with Crippen molar-refractivity contribution in [3.8, 4) is 17.2 Å². The highest BCUT2D eigenvalue weighted by atomic mass is 32.2. The number of ether oxygens (including phenoxy) is 1. The molecule has 0 heterocycles. The molecule has 0 amide bonds. The van der Waals surface area contributed by atoms with E-state index in [0.717, 1.165) is 30.3 Å². The Balaban J connectivity index is 2.45. The molecule has 2 aromatic carbocycles. The smallest absolute Gasteiger partial charge is 0.478 e. The minimum Gasteiger partial charge on any atom is -0.478 e. The summed E-state index contributed by atoms with van der Waals surface area (Å²) in [7, 11) is -5.98. The number of alkyl halides is 3. The van der Waals surface area contributed by atoms with Gasteiger partial charge in [0.1, 0.15) is 5.75 Å². The topological polar surface area (TPSA) is 127 Å². The van der Waals surface area contributed by atoms with Crippen LogP contribution in [0.4, 0.5) is 13.2 Å². The Morgan fingerprint density at radius 3 is 1.81 bits per heavy atom. The molecule has 0 fully saturated rings. The van der Waals surface area contributed by atoms with Crippen LogP contribution in [0.2, 0.25) is 0 Å². The fourth-order valence-corrected chi connectivity index (χ4v) is 2.27. The molecule has 2 N–H and O–H groups in total. The van der Waals surface area contributed by atoms with Crippen LogP contribution in [0, 0.1) is 0 Å². The zero-order chi connectivity index (χ0) is 20.4. The maximum Gasteiger partial charge on any atom is 0.534 e. The van der Waals surface area contributed by atoms with Crippen molar-refractivity contribution in [2.75, 3.05) is 0 Å². The number of para-hydroxylation sites is 2. The summed E-state index contributed by atoms with van der Waals surface area (Å²) in [5.74, 6) is -4.66. The van der Waals surface area contributed by atoms with Crippen LogP contribution < -0.4 is 8.92 Å². The molecule has 27 heavy (non-hydrogen) atoms. The summed E-state index contributed by atoms with van der Waals surface area (Å²) in [6.45, 7) is 0. The van der Waals surface area contributed by atoms with Crippen molar-refractivity contribution >= 4 is 22.1 Å².